The van der Waals surface area contributed by atoms with E-state index in [-0.39, 0.29) is 24.0 Å². The lowest BCUT2D eigenvalue weighted by atomic mass is 9.99. The molecule has 2 aromatic rings. The Morgan fingerprint density at radius 3 is 2.75 bits per heavy atom. The van der Waals surface area contributed by atoms with E-state index >= 15 is 0 Å². The minimum absolute atomic E-state index is 0. The zero-order valence-electron chi connectivity index (χ0n) is 14.9. The predicted octanol–water partition coefficient (Wildman–Crippen LogP) is 2.86. The number of halogens is 1. The molecule has 1 heterocycles. The number of benzene rings is 1. The Kier molecular flexibility index (Phi) is 8.81. The van der Waals surface area contributed by atoms with Crippen molar-refractivity contribution in [3.8, 4) is 0 Å². The van der Waals surface area contributed by atoms with Crippen molar-refractivity contribution in [2.45, 2.75) is 26.2 Å². The molecule has 0 radical (unpaired) electrons. The topological polar surface area (TPSA) is 54.2 Å². The van der Waals surface area contributed by atoms with Crippen LogP contribution >= 0.6 is 24.0 Å². The maximum Gasteiger partial charge on any atom is 0.191 e. The van der Waals surface area contributed by atoms with Crippen molar-refractivity contribution in [2.24, 2.45) is 12.0 Å². The number of guanidine groups is 1. The van der Waals surface area contributed by atoms with Crippen LogP contribution in [-0.4, -0.2) is 35.9 Å². The van der Waals surface area contributed by atoms with Crippen LogP contribution in [0.4, 0.5) is 0 Å². The van der Waals surface area contributed by atoms with Gasteiger partial charge < -0.3 is 10.6 Å². The smallest absolute Gasteiger partial charge is 0.191 e. The summed E-state index contributed by atoms with van der Waals surface area (Å²) in [6, 6.07) is 8.66. The van der Waals surface area contributed by atoms with Crippen LogP contribution < -0.4 is 10.6 Å². The summed E-state index contributed by atoms with van der Waals surface area (Å²) in [7, 11) is 3.74. The lowest BCUT2D eigenvalue weighted by Gasteiger charge is -2.16. The summed E-state index contributed by atoms with van der Waals surface area (Å²) in [5, 5.41) is 10.9. The Morgan fingerprint density at radius 2 is 2.12 bits per heavy atom. The van der Waals surface area contributed by atoms with Gasteiger partial charge in [0.25, 0.3) is 0 Å². The highest BCUT2D eigenvalue weighted by molar-refractivity contribution is 14.0. The number of aromatic nitrogens is 2. The van der Waals surface area contributed by atoms with Crippen LogP contribution in [0.15, 0.2) is 41.7 Å². The summed E-state index contributed by atoms with van der Waals surface area (Å²) < 4.78 is 1.83. The summed E-state index contributed by atoms with van der Waals surface area (Å²) in [6.45, 7) is 6.05. The Labute approximate surface area is 162 Å². The third kappa shape index (κ3) is 6.51. The summed E-state index contributed by atoms with van der Waals surface area (Å²) in [5.41, 5.74) is 3.88. The van der Waals surface area contributed by atoms with Gasteiger partial charge >= 0.3 is 0 Å². The molecule has 1 unspecified atom stereocenters. The first-order valence-corrected chi connectivity index (χ1v) is 8.07. The first kappa shape index (κ1) is 20.5. The quantitative estimate of drug-likeness (QED) is 0.412. The fourth-order valence-electron chi connectivity index (χ4n) is 2.49. The van der Waals surface area contributed by atoms with E-state index < -0.39 is 0 Å². The second-order valence-corrected chi connectivity index (χ2v) is 5.97. The van der Waals surface area contributed by atoms with Gasteiger partial charge in [-0.05, 0) is 30.4 Å². The monoisotopic (exact) mass is 441 g/mol. The van der Waals surface area contributed by atoms with Crippen LogP contribution in [0.2, 0.25) is 0 Å². The van der Waals surface area contributed by atoms with Crippen molar-refractivity contribution in [2.75, 3.05) is 20.1 Å². The Morgan fingerprint density at radius 1 is 1.33 bits per heavy atom. The highest BCUT2D eigenvalue weighted by Gasteiger charge is 2.07. The molecule has 24 heavy (non-hydrogen) atoms. The Hall–Kier alpha value is -1.57. The van der Waals surface area contributed by atoms with Crippen molar-refractivity contribution in [1.29, 1.82) is 0 Å². The number of aryl methyl sites for hydroxylation is 2. The van der Waals surface area contributed by atoms with Crippen LogP contribution in [0.5, 0.6) is 0 Å². The second-order valence-electron chi connectivity index (χ2n) is 5.97. The van der Waals surface area contributed by atoms with Crippen molar-refractivity contribution in [3.63, 3.8) is 0 Å². The maximum atomic E-state index is 4.28. The molecule has 1 aromatic heterocycles. The summed E-state index contributed by atoms with van der Waals surface area (Å²) in [4.78, 5) is 4.28. The molecule has 0 spiro atoms. The minimum atomic E-state index is 0. The lowest BCUT2D eigenvalue weighted by Crippen LogP contribution is -2.39. The summed E-state index contributed by atoms with van der Waals surface area (Å²) in [6.07, 6.45) is 4.87. The minimum Gasteiger partial charge on any atom is -0.356 e. The highest BCUT2D eigenvalue weighted by Crippen LogP contribution is 2.15. The second kappa shape index (κ2) is 10.3. The molecule has 1 atom stereocenters. The summed E-state index contributed by atoms with van der Waals surface area (Å²) in [5.74, 6) is 1.28. The van der Waals surface area contributed by atoms with E-state index in [0.29, 0.717) is 5.92 Å². The normalized spacial score (nSPS) is 12.4. The molecule has 0 aliphatic heterocycles. The van der Waals surface area contributed by atoms with Gasteiger partial charge in [-0.3, -0.25) is 9.67 Å². The maximum absolute atomic E-state index is 4.28. The van der Waals surface area contributed by atoms with Crippen LogP contribution in [0.3, 0.4) is 0 Å². The molecule has 6 heteroatoms. The van der Waals surface area contributed by atoms with Gasteiger partial charge in [-0.25, -0.2) is 0 Å². The number of nitrogens with zero attached hydrogens (tertiary/aromatic N) is 3. The van der Waals surface area contributed by atoms with E-state index in [1.54, 1.807) is 7.05 Å². The van der Waals surface area contributed by atoms with Gasteiger partial charge in [0.2, 0.25) is 0 Å². The Balaban J connectivity index is 0.00000288. The van der Waals surface area contributed by atoms with E-state index in [1.807, 2.05) is 24.1 Å². The molecular formula is C18H28IN5. The van der Waals surface area contributed by atoms with Gasteiger partial charge in [0.05, 0.1) is 6.20 Å². The molecule has 1 aromatic carbocycles. The van der Waals surface area contributed by atoms with Crippen molar-refractivity contribution < 1.29 is 0 Å². The average molecular weight is 441 g/mol. The molecule has 132 valence electrons. The summed E-state index contributed by atoms with van der Waals surface area (Å²) >= 11 is 0. The third-order valence-electron chi connectivity index (χ3n) is 3.87. The lowest BCUT2D eigenvalue weighted by molar-refractivity contribution is 0.697. The largest absolute Gasteiger partial charge is 0.356 e. The average Bonchev–Trinajstić information content (AvgIpc) is 2.95. The number of nitrogens with one attached hydrogen (secondary N) is 2. The molecule has 2 rings (SSSR count). The Bertz CT molecular complexity index is 650. The number of hydrogen-bond acceptors (Lipinski definition) is 2. The van der Waals surface area contributed by atoms with Gasteiger partial charge in [-0.1, -0.05) is 36.8 Å². The SMILES string of the molecule is CN=C(NCCc1cnn(C)c1)NCC(C)c1cccc(C)c1.I. The molecule has 0 amide bonds. The van der Waals surface area contributed by atoms with Gasteiger partial charge in [-0.2, -0.15) is 5.10 Å². The van der Waals surface area contributed by atoms with Gasteiger partial charge in [-0.15, -0.1) is 24.0 Å². The molecule has 0 aliphatic carbocycles. The van der Waals surface area contributed by atoms with Crippen molar-refractivity contribution in [1.82, 2.24) is 20.4 Å². The molecule has 0 bridgehead atoms. The van der Waals surface area contributed by atoms with Crippen LogP contribution in [0, 0.1) is 6.92 Å². The third-order valence-corrected chi connectivity index (χ3v) is 3.87. The van der Waals surface area contributed by atoms with E-state index in [4.69, 9.17) is 0 Å². The molecule has 0 aliphatic rings. The molecule has 0 saturated carbocycles. The zero-order valence-corrected chi connectivity index (χ0v) is 17.2. The number of aliphatic imine (C=N–C) groups is 1. The van der Waals surface area contributed by atoms with Crippen LogP contribution in [0.25, 0.3) is 0 Å². The predicted molar refractivity (Wildman–Crippen MR) is 111 cm³/mol. The first-order chi connectivity index (χ1) is 11.1. The molecule has 2 N–H and O–H groups in total. The van der Waals surface area contributed by atoms with Gasteiger partial charge in [0.1, 0.15) is 0 Å². The van der Waals surface area contributed by atoms with E-state index in [1.165, 1.54) is 16.7 Å². The van der Waals surface area contributed by atoms with Crippen LogP contribution in [-0.2, 0) is 13.5 Å². The fourth-order valence-corrected chi connectivity index (χ4v) is 2.49. The molecular weight excluding hydrogens is 413 g/mol. The highest BCUT2D eigenvalue weighted by atomic mass is 127. The fraction of sp³-hybridized carbons (Fsp3) is 0.444. The van der Waals surface area contributed by atoms with Crippen molar-refractivity contribution >= 4 is 29.9 Å². The molecule has 0 saturated heterocycles. The van der Waals surface area contributed by atoms with Crippen LogP contribution in [0.1, 0.15) is 29.5 Å². The van der Waals surface area contributed by atoms with E-state index in [2.05, 4.69) is 58.8 Å². The van der Waals surface area contributed by atoms with Gasteiger partial charge in [0.15, 0.2) is 5.96 Å². The number of rotatable bonds is 6. The van der Waals surface area contributed by atoms with Crippen molar-refractivity contribution in [3.05, 3.63) is 53.3 Å². The number of hydrogen-bond donors (Lipinski definition) is 2. The van der Waals surface area contributed by atoms with E-state index in [0.717, 1.165) is 25.5 Å². The van der Waals surface area contributed by atoms with Gasteiger partial charge in [0, 0.05) is 33.4 Å². The van der Waals surface area contributed by atoms with E-state index in [9.17, 15) is 0 Å². The zero-order chi connectivity index (χ0) is 16.7. The standard InChI is InChI=1S/C18H27N5.HI/c1-14-6-5-7-17(10-14)15(2)11-21-18(19-3)20-9-8-16-12-22-23(4)13-16;/h5-7,10,12-13,15H,8-9,11H2,1-4H3,(H2,19,20,21);1H. The first-order valence-electron chi connectivity index (χ1n) is 8.07. The molecule has 0 fully saturated rings. The molecule has 5 nitrogen and oxygen atoms in total.